The molecule has 0 fully saturated rings. The third-order valence-corrected chi connectivity index (χ3v) is 16.2. The van der Waals surface area contributed by atoms with Crippen molar-refractivity contribution in [2.24, 2.45) is 0 Å². The first kappa shape index (κ1) is 44.5. The molecule has 0 spiro atoms. The molecule has 0 aliphatic heterocycles. The van der Waals surface area contributed by atoms with E-state index in [0.717, 1.165) is 0 Å². The molecule has 0 atom stereocenters. The van der Waals surface area contributed by atoms with Crippen LogP contribution in [0.2, 0.25) is 0 Å². The van der Waals surface area contributed by atoms with E-state index in [1.807, 2.05) is 0 Å². The molecule has 0 saturated carbocycles. The molecule has 4 aromatic heterocycles. The van der Waals surface area contributed by atoms with Gasteiger partial charge in [0.2, 0.25) is 0 Å². The monoisotopic (exact) mass is 933 g/mol. The molecule has 9 aromatic carbocycles. The highest BCUT2D eigenvalue weighted by atomic mass is 14.9. The van der Waals surface area contributed by atoms with Gasteiger partial charge in [-0.05, 0) is 125 Å². The lowest BCUT2D eigenvalue weighted by atomic mass is 9.78. The minimum atomic E-state index is 0.0153. The standard InChI is InChI=1S/C70H64N2/c1-67(2,3)45-33-43(34-46(39-45)68(4,5)6)51-23-15-13-21-49(51)41-29-31-59-55(37-41)63-61-53-25-17-20-28-58(53)72-60-32-30-42(38-56(60)64(66(61)72)62-54-26-18-19-27-57(54)71(59)65(62)63)50-22-14-16-24-52(50)44-35-47(69(7,8)9)40-48(36-44)70(10,11)12/h13-40H,1-12H3. The maximum Gasteiger partial charge on any atom is 0.0634 e. The highest BCUT2D eigenvalue weighted by Crippen LogP contribution is 2.53. The van der Waals surface area contributed by atoms with Crippen molar-refractivity contribution in [2.45, 2.75) is 105 Å². The van der Waals surface area contributed by atoms with Gasteiger partial charge in [-0.1, -0.05) is 217 Å². The number of benzene rings is 9. The first-order valence-corrected chi connectivity index (χ1v) is 26.1. The van der Waals surface area contributed by atoms with Crippen molar-refractivity contribution < 1.29 is 0 Å². The van der Waals surface area contributed by atoms with Crippen molar-refractivity contribution >= 4 is 76.2 Å². The summed E-state index contributed by atoms with van der Waals surface area (Å²) in [5, 5.41) is 10.5. The quantitative estimate of drug-likeness (QED) is 0.166. The maximum atomic E-state index is 2.58. The van der Waals surface area contributed by atoms with Crippen LogP contribution in [-0.4, -0.2) is 8.80 Å². The van der Waals surface area contributed by atoms with Crippen molar-refractivity contribution in [3.8, 4) is 44.5 Å². The molecule has 72 heavy (non-hydrogen) atoms. The van der Waals surface area contributed by atoms with Crippen LogP contribution < -0.4 is 0 Å². The number of hydrogen-bond acceptors (Lipinski definition) is 0. The van der Waals surface area contributed by atoms with Gasteiger partial charge in [0.05, 0.1) is 33.1 Å². The smallest absolute Gasteiger partial charge is 0.0634 e. The normalized spacial score (nSPS) is 13.3. The lowest BCUT2D eigenvalue weighted by Crippen LogP contribution is -2.16. The van der Waals surface area contributed by atoms with Gasteiger partial charge >= 0.3 is 0 Å². The number of hydrogen-bond donors (Lipinski definition) is 0. The number of aromatic nitrogens is 2. The van der Waals surface area contributed by atoms with Crippen molar-refractivity contribution in [3.63, 3.8) is 0 Å². The molecule has 0 radical (unpaired) electrons. The lowest BCUT2D eigenvalue weighted by molar-refractivity contribution is 0.568. The van der Waals surface area contributed by atoms with E-state index in [1.165, 1.54) is 143 Å². The fourth-order valence-electron chi connectivity index (χ4n) is 12.2. The molecule has 354 valence electrons. The van der Waals surface area contributed by atoms with Crippen LogP contribution in [0.25, 0.3) is 121 Å². The third kappa shape index (κ3) is 6.53. The molecular weight excluding hydrogens is 869 g/mol. The summed E-state index contributed by atoms with van der Waals surface area (Å²) >= 11 is 0. The Hall–Kier alpha value is -7.42. The van der Waals surface area contributed by atoms with Gasteiger partial charge in [-0.15, -0.1) is 0 Å². The third-order valence-electron chi connectivity index (χ3n) is 16.2. The number of para-hydroxylation sites is 2. The molecule has 0 amide bonds. The van der Waals surface area contributed by atoms with Gasteiger partial charge in [-0.2, -0.15) is 0 Å². The van der Waals surface area contributed by atoms with Gasteiger partial charge in [-0.25, -0.2) is 0 Å². The summed E-state index contributed by atoms with van der Waals surface area (Å²) < 4.78 is 5.17. The van der Waals surface area contributed by atoms with Crippen LogP contribution in [0.1, 0.15) is 105 Å². The second-order valence-corrected chi connectivity index (χ2v) is 25.1. The topological polar surface area (TPSA) is 8.82 Å². The van der Waals surface area contributed by atoms with Crippen LogP contribution >= 0.6 is 0 Å². The lowest BCUT2D eigenvalue weighted by Gasteiger charge is -2.26. The van der Waals surface area contributed by atoms with Gasteiger partial charge in [0.15, 0.2) is 0 Å². The van der Waals surface area contributed by atoms with E-state index in [4.69, 9.17) is 0 Å². The molecule has 13 rings (SSSR count). The van der Waals surface area contributed by atoms with Crippen LogP contribution in [0.15, 0.2) is 170 Å². The Bertz CT molecular complexity index is 4000. The average molecular weight is 933 g/mol. The Morgan fingerprint density at radius 3 is 0.861 bits per heavy atom. The fraction of sp³-hybridized carbons (Fsp3) is 0.229. The van der Waals surface area contributed by atoms with E-state index < -0.39 is 0 Å². The maximum absolute atomic E-state index is 2.58. The Morgan fingerprint density at radius 1 is 0.250 bits per heavy atom. The molecule has 4 heterocycles. The van der Waals surface area contributed by atoms with E-state index in [-0.39, 0.29) is 21.7 Å². The zero-order valence-corrected chi connectivity index (χ0v) is 44.1. The second-order valence-electron chi connectivity index (χ2n) is 25.1. The van der Waals surface area contributed by atoms with Crippen LogP contribution in [0.5, 0.6) is 0 Å². The van der Waals surface area contributed by atoms with E-state index in [1.54, 1.807) is 0 Å². The summed E-state index contributed by atoms with van der Waals surface area (Å²) in [4.78, 5) is 0. The fourth-order valence-corrected chi connectivity index (χ4v) is 12.2. The first-order chi connectivity index (χ1) is 34.3. The van der Waals surface area contributed by atoms with Crippen molar-refractivity contribution in [3.05, 3.63) is 192 Å². The summed E-state index contributed by atoms with van der Waals surface area (Å²) in [5.41, 5.74) is 23.2. The zero-order chi connectivity index (χ0) is 50.0. The number of fused-ring (bicyclic) bond motifs is 14. The molecule has 0 aliphatic rings. The number of rotatable bonds is 4. The highest BCUT2D eigenvalue weighted by molar-refractivity contribution is 6.45. The van der Waals surface area contributed by atoms with Gasteiger partial charge < -0.3 is 8.80 Å². The molecule has 13 aromatic rings. The summed E-state index contributed by atoms with van der Waals surface area (Å²) in [5.74, 6) is 0. The largest absolute Gasteiger partial charge is 0.308 e. The predicted octanol–water partition coefficient (Wildman–Crippen LogP) is 19.8. The Balaban J connectivity index is 1.10. The Kier molecular flexibility index (Phi) is 9.31. The average Bonchev–Trinajstić information content (AvgIpc) is 4.08. The molecule has 0 unspecified atom stereocenters. The second kappa shape index (κ2) is 15.1. The van der Waals surface area contributed by atoms with Crippen LogP contribution in [0.3, 0.4) is 0 Å². The molecule has 0 N–H and O–H groups in total. The van der Waals surface area contributed by atoms with Gasteiger partial charge in [0, 0.05) is 43.1 Å². The van der Waals surface area contributed by atoms with E-state index >= 15 is 0 Å². The predicted molar refractivity (Wildman–Crippen MR) is 312 cm³/mol. The van der Waals surface area contributed by atoms with Crippen LogP contribution in [0.4, 0.5) is 0 Å². The highest BCUT2D eigenvalue weighted by Gasteiger charge is 2.30. The molecule has 2 nitrogen and oxygen atoms in total. The summed E-state index contributed by atoms with van der Waals surface area (Å²) in [6, 6.07) is 65.5. The molecule has 0 bridgehead atoms. The minimum absolute atomic E-state index is 0.0153. The molecule has 0 saturated heterocycles. The van der Waals surface area contributed by atoms with Gasteiger partial charge in [-0.3, -0.25) is 0 Å². The van der Waals surface area contributed by atoms with Crippen LogP contribution in [0, 0.1) is 0 Å². The van der Waals surface area contributed by atoms with E-state index in [2.05, 4.69) is 262 Å². The molecular formula is C70H64N2. The van der Waals surface area contributed by atoms with Crippen molar-refractivity contribution in [2.75, 3.05) is 0 Å². The summed E-state index contributed by atoms with van der Waals surface area (Å²) in [7, 11) is 0. The summed E-state index contributed by atoms with van der Waals surface area (Å²) in [6.45, 7) is 28.0. The summed E-state index contributed by atoms with van der Waals surface area (Å²) in [6.07, 6.45) is 0. The van der Waals surface area contributed by atoms with E-state index in [0.29, 0.717) is 0 Å². The Labute approximate surface area is 424 Å². The first-order valence-electron chi connectivity index (χ1n) is 26.1. The Morgan fingerprint density at radius 2 is 0.528 bits per heavy atom. The van der Waals surface area contributed by atoms with Crippen molar-refractivity contribution in [1.29, 1.82) is 0 Å². The SMILES string of the molecule is CC(C)(C)c1cc(-c2ccccc2-c2ccc3c(c2)c2c4c5ccccc5n5c6ccc(-c7ccccc7-c7cc(C(C)(C)C)cc(C(C)(C)C)c7)cc6c(c6c7ccccc7n3c62)c45)cc(C(C)(C)C)c1. The molecule has 2 heteroatoms. The van der Waals surface area contributed by atoms with Gasteiger partial charge in [0.1, 0.15) is 0 Å². The number of nitrogens with zero attached hydrogens (tertiary/aromatic N) is 2. The zero-order valence-electron chi connectivity index (χ0n) is 44.1. The van der Waals surface area contributed by atoms with Gasteiger partial charge in [0.25, 0.3) is 0 Å². The van der Waals surface area contributed by atoms with E-state index in [9.17, 15) is 0 Å². The van der Waals surface area contributed by atoms with Crippen LogP contribution in [-0.2, 0) is 21.7 Å². The minimum Gasteiger partial charge on any atom is -0.308 e. The molecule has 0 aliphatic carbocycles. The van der Waals surface area contributed by atoms with Crippen molar-refractivity contribution in [1.82, 2.24) is 8.80 Å².